The highest BCUT2D eigenvalue weighted by atomic mass is 32.2. The highest BCUT2D eigenvalue weighted by Gasteiger charge is 2.36. The Balaban J connectivity index is 1.51. The molecule has 2 aromatic carbocycles. The first-order chi connectivity index (χ1) is 17.1. The van der Waals surface area contributed by atoms with Crippen LogP contribution in [0.1, 0.15) is 24.6 Å². The fraction of sp³-hybridized carbons (Fsp3) is 0.269. The number of carbonyl (C=O) groups excluding carboxylic acids is 2. The van der Waals surface area contributed by atoms with Crippen molar-refractivity contribution in [3.8, 4) is 11.5 Å². The van der Waals surface area contributed by atoms with Gasteiger partial charge in [0.15, 0.2) is 5.17 Å². The summed E-state index contributed by atoms with van der Waals surface area (Å²) in [5, 5.41) is 4.81. The number of carbonyl (C=O) groups is 2. The molecular formula is C26H27N3O4S2. The van der Waals surface area contributed by atoms with Gasteiger partial charge in [-0.05, 0) is 66.4 Å². The van der Waals surface area contributed by atoms with Crippen LogP contribution in [0.15, 0.2) is 71.0 Å². The fourth-order valence-electron chi connectivity index (χ4n) is 3.40. The molecule has 9 heteroatoms. The van der Waals surface area contributed by atoms with Crippen molar-refractivity contribution in [3.63, 3.8) is 0 Å². The number of anilines is 1. The maximum atomic E-state index is 13.2. The van der Waals surface area contributed by atoms with E-state index in [9.17, 15) is 9.59 Å². The molecule has 1 atom stereocenters. The molecule has 1 aliphatic rings. The van der Waals surface area contributed by atoms with Gasteiger partial charge in [-0.1, -0.05) is 24.8 Å². The van der Waals surface area contributed by atoms with E-state index in [-0.39, 0.29) is 18.2 Å². The summed E-state index contributed by atoms with van der Waals surface area (Å²) in [5.41, 5.74) is 1.34. The van der Waals surface area contributed by atoms with Crippen molar-refractivity contribution in [1.82, 2.24) is 4.90 Å². The zero-order valence-corrected chi connectivity index (χ0v) is 21.2. The summed E-state index contributed by atoms with van der Waals surface area (Å²) < 4.78 is 10.8. The lowest BCUT2D eigenvalue weighted by Gasteiger charge is -2.31. The number of benzene rings is 2. The molecule has 0 spiro atoms. The van der Waals surface area contributed by atoms with Crippen LogP contribution >= 0.6 is 23.1 Å². The van der Waals surface area contributed by atoms with Crippen molar-refractivity contribution in [3.05, 3.63) is 70.9 Å². The van der Waals surface area contributed by atoms with Crippen LogP contribution in [0, 0.1) is 0 Å². The first kappa shape index (κ1) is 24.8. The minimum absolute atomic E-state index is 0.0984. The van der Waals surface area contributed by atoms with E-state index in [2.05, 4.69) is 5.32 Å². The second kappa shape index (κ2) is 11.9. The molecule has 0 unspecified atom stereocenters. The number of amidine groups is 1. The number of nitrogens with one attached hydrogen (secondary N) is 1. The molecule has 1 N–H and O–H groups in total. The largest absolute Gasteiger partial charge is 0.497 e. The molecule has 0 saturated carbocycles. The van der Waals surface area contributed by atoms with Crippen LogP contribution in [-0.2, 0) is 16.1 Å². The van der Waals surface area contributed by atoms with Gasteiger partial charge < -0.3 is 14.8 Å². The smallest absolute Gasteiger partial charge is 0.238 e. The van der Waals surface area contributed by atoms with Crippen LogP contribution in [0.5, 0.6) is 11.5 Å². The Labute approximate surface area is 213 Å². The summed E-state index contributed by atoms with van der Waals surface area (Å²) in [5.74, 6) is 1.11. The number of thioether (sulfide) groups is 1. The Morgan fingerprint density at radius 1 is 1.11 bits per heavy atom. The lowest BCUT2D eigenvalue weighted by molar-refractivity contribution is -0.129. The van der Waals surface area contributed by atoms with Crippen molar-refractivity contribution in [2.75, 3.05) is 19.0 Å². The van der Waals surface area contributed by atoms with Gasteiger partial charge in [-0.2, -0.15) is 0 Å². The Morgan fingerprint density at radius 2 is 1.86 bits per heavy atom. The number of methoxy groups -OCH3 is 1. The summed E-state index contributed by atoms with van der Waals surface area (Å²) in [6.45, 7) is 3.11. The van der Waals surface area contributed by atoms with E-state index in [0.717, 1.165) is 22.8 Å². The topological polar surface area (TPSA) is 80.2 Å². The predicted molar refractivity (Wildman–Crippen MR) is 142 cm³/mol. The van der Waals surface area contributed by atoms with Gasteiger partial charge in [0.1, 0.15) is 16.7 Å². The molecule has 0 radical (unpaired) electrons. The number of aliphatic imine (C=N–C) groups is 1. The van der Waals surface area contributed by atoms with Gasteiger partial charge in [-0.3, -0.25) is 14.5 Å². The summed E-state index contributed by atoms with van der Waals surface area (Å²) in [6.07, 6.45) is 1.02. The lowest BCUT2D eigenvalue weighted by Crippen LogP contribution is -2.44. The third-order valence-electron chi connectivity index (χ3n) is 5.22. The van der Waals surface area contributed by atoms with Gasteiger partial charge in [0.2, 0.25) is 11.8 Å². The van der Waals surface area contributed by atoms with Gasteiger partial charge in [-0.15, -0.1) is 11.3 Å². The molecule has 1 aromatic heterocycles. The zero-order valence-electron chi connectivity index (χ0n) is 19.6. The monoisotopic (exact) mass is 509 g/mol. The average Bonchev–Trinajstić information content (AvgIpc) is 3.39. The van der Waals surface area contributed by atoms with Crippen molar-refractivity contribution in [1.29, 1.82) is 0 Å². The van der Waals surface area contributed by atoms with E-state index in [1.165, 1.54) is 11.8 Å². The Bertz CT molecular complexity index is 1160. The summed E-state index contributed by atoms with van der Waals surface area (Å²) in [4.78, 5) is 33.7. The summed E-state index contributed by atoms with van der Waals surface area (Å²) >= 11 is 2.89. The number of rotatable bonds is 9. The van der Waals surface area contributed by atoms with Crippen LogP contribution in [0.3, 0.4) is 0 Å². The third kappa shape index (κ3) is 6.64. The molecule has 0 aliphatic carbocycles. The maximum Gasteiger partial charge on any atom is 0.238 e. The lowest BCUT2D eigenvalue weighted by atomic mass is 10.2. The van der Waals surface area contributed by atoms with E-state index in [0.29, 0.717) is 29.7 Å². The van der Waals surface area contributed by atoms with E-state index >= 15 is 0 Å². The summed E-state index contributed by atoms with van der Waals surface area (Å²) in [6, 6.07) is 18.5. The quantitative estimate of drug-likeness (QED) is 0.400. The van der Waals surface area contributed by atoms with Crippen molar-refractivity contribution >= 4 is 51.5 Å². The molecule has 4 rings (SSSR count). The molecule has 7 nitrogen and oxygen atoms in total. The number of nitrogens with zero attached hydrogens (tertiary/aromatic N) is 2. The molecule has 35 heavy (non-hydrogen) atoms. The first-order valence-corrected chi connectivity index (χ1v) is 13.1. The van der Waals surface area contributed by atoms with Crippen molar-refractivity contribution in [2.24, 2.45) is 4.99 Å². The molecule has 3 aromatic rings. The van der Waals surface area contributed by atoms with Gasteiger partial charge in [-0.25, -0.2) is 4.99 Å². The first-order valence-electron chi connectivity index (χ1n) is 11.3. The summed E-state index contributed by atoms with van der Waals surface area (Å²) in [7, 11) is 1.61. The highest BCUT2D eigenvalue weighted by Crippen LogP contribution is 2.32. The Hall–Kier alpha value is -3.30. The van der Waals surface area contributed by atoms with Crippen molar-refractivity contribution < 1.29 is 19.1 Å². The van der Waals surface area contributed by atoms with Gasteiger partial charge in [0.05, 0.1) is 25.9 Å². The van der Waals surface area contributed by atoms with E-state index in [1.54, 1.807) is 35.5 Å². The number of thiophene rings is 1. The average molecular weight is 510 g/mol. The van der Waals surface area contributed by atoms with Crippen LogP contribution in [0.4, 0.5) is 11.4 Å². The molecule has 1 fully saturated rings. The SMILES string of the molecule is CCCOc1ccc(NC(=O)[C@H]2CC(=O)N(Cc3cccs3)C(=Nc3ccc(OC)cc3)S2)cc1. The Kier molecular flexibility index (Phi) is 8.44. The minimum Gasteiger partial charge on any atom is -0.497 e. The van der Waals surface area contributed by atoms with Crippen LogP contribution < -0.4 is 14.8 Å². The van der Waals surface area contributed by atoms with Crippen LogP contribution in [0.25, 0.3) is 0 Å². The molecular weight excluding hydrogens is 482 g/mol. The van der Waals surface area contributed by atoms with Crippen LogP contribution in [0.2, 0.25) is 0 Å². The second-order valence-corrected chi connectivity index (χ2v) is 10.0. The minimum atomic E-state index is -0.588. The van der Waals surface area contributed by atoms with Crippen LogP contribution in [-0.4, -0.2) is 40.8 Å². The predicted octanol–water partition coefficient (Wildman–Crippen LogP) is 5.71. The second-order valence-electron chi connectivity index (χ2n) is 7.82. The molecule has 2 amide bonds. The standard InChI is InChI=1S/C26H27N3O4S2/c1-3-14-33-21-12-8-18(9-13-21)27-25(31)23-16-24(30)29(17-22-5-4-15-34-22)26(35-23)28-19-6-10-20(32-2)11-7-19/h4-13,15,23H,3,14,16-17H2,1-2H3,(H,27,31)/t23-/m1/s1. The molecule has 0 bridgehead atoms. The molecule has 2 heterocycles. The van der Waals surface area contributed by atoms with E-state index in [1.807, 2.05) is 60.8 Å². The third-order valence-corrected chi connectivity index (χ3v) is 7.27. The number of hydrogen-bond donors (Lipinski definition) is 1. The number of amides is 2. The zero-order chi connectivity index (χ0) is 24.6. The van der Waals surface area contributed by atoms with Gasteiger partial charge >= 0.3 is 0 Å². The van der Waals surface area contributed by atoms with E-state index < -0.39 is 5.25 Å². The molecule has 1 aliphatic heterocycles. The number of hydrogen-bond acceptors (Lipinski definition) is 7. The maximum absolute atomic E-state index is 13.2. The van der Waals surface area contributed by atoms with Gasteiger partial charge in [0, 0.05) is 17.0 Å². The fourth-order valence-corrected chi connectivity index (χ4v) is 5.19. The van der Waals surface area contributed by atoms with Gasteiger partial charge in [0.25, 0.3) is 0 Å². The van der Waals surface area contributed by atoms with E-state index in [4.69, 9.17) is 14.5 Å². The highest BCUT2D eigenvalue weighted by molar-refractivity contribution is 8.15. The number of ether oxygens (including phenoxy) is 2. The van der Waals surface area contributed by atoms with Crippen molar-refractivity contribution in [2.45, 2.75) is 31.6 Å². The molecule has 182 valence electrons. The normalized spacial score (nSPS) is 16.9. The Morgan fingerprint density at radius 3 is 2.51 bits per heavy atom. The molecule has 1 saturated heterocycles.